The molecule has 2 unspecified atom stereocenters. The van der Waals surface area contributed by atoms with Crippen LogP contribution in [0.2, 0.25) is 0 Å². The lowest BCUT2D eigenvalue weighted by Gasteiger charge is -2.41. The van der Waals surface area contributed by atoms with E-state index in [0.29, 0.717) is 18.6 Å². The Morgan fingerprint density at radius 1 is 1.05 bits per heavy atom. The second-order valence-corrected chi connectivity index (χ2v) is 7.98. The zero-order valence-electron chi connectivity index (χ0n) is 14.0. The molecule has 122 valence electrons. The first-order chi connectivity index (χ1) is 10.1. The lowest BCUT2D eigenvalue weighted by Crippen LogP contribution is -2.53. The minimum absolute atomic E-state index is 0.0451. The highest BCUT2D eigenvalue weighted by Gasteiger charge is 2.45. The second kappa shape index (κ2) is 6.55. The first-order valence-corrected chi connectivity index (χ1v) is 9.29. The Morgan fingerprint density at radius 3 is 2.38 bits per heavy atom. The Morgan fingerprint density at radius 2 is 1.76 bits per heavy atom. The fraction of sp³-hybridized carbons (Fsp3) is 1.00. The summed E-state index contributed by atoms with van der Waals surface area (Å²) in [6, 6.07) is 2.19. The number of aliphatic hydroxyl groups excluding tert-OH is 1. The van der Waals surface area contributed by atoms with Gasteiger partial charge in [0.05, 0.1) is 6.61 Å². The maximum Gasteiger partial charge on any atom is 0.0616 e. The molecule has 0 bridgehead atoms. The van der Waals surface area contributed by atoms with Gasteiger partial charge < -0.3 is 10.4 Å². The molecule has 1 heterocycles. The predicted octanol–water partition coefficient (Wildman–Crippen LogP) is 2.92. The van der Waals surface area contributed by atoms with Crippen molar-refractivity contribution in [1.82, 2.24) is 10.2 Å². The fourth-order valence-electron chi connectivity index (χ4n) is 4.86. The molecule has 2 N–H and O–H groups in total. The summed E-state index contributed by atoms with van der Waals surface area (Å²) in [4.78, 5) is 2.72. The predicted molar refractivity (Wildman–Crippen MR) is 87.4 cm³/mol. The molecule has 0 aromatic heterocycles. The van der Waals surface area contributed by atoms with Crippen molar-refractivity contribution in [3.63, 3.8) is 0 Å². The van der Waals surface area contributed by atoms with Crippen LogP contribution in [0, 0.1) is 5.92 Å². The van der Waals surface area contributed by atoms with Crippen molar-refractivity contribution in [3.8, 4) is 0 Å². The molecule has 2 aliphatic carbocycles. The maximum absolute atomic E-state index is 10.0. The molecule has 0 spiro atoms. The van der Waals surface area contributed by atoms with Crippen molar-refractivity contribution >= 4 is 0 Å². The van der Waals surface area contributed by atoms with Crippen molar-refractivity contribution in [2.75, 3.05) is 13.2 Å². The van der Waals surface area contributed by atoms with Gasteiger partial charge in [0, 0.05) is 23.7 Å². The van der Waals surface area contributed by atoms with Crippen LogP contribution in [0.3, 0.4) is 0 Å². The standard InChI is InChI=1S/C18H34N2O/c1-14-5-3-6-15(2)20(14)12-10-16-7-4-11-18(16,13-21)19-17-8-9-17/h14-17,19,21H,3-13H2,1-2H3/t14-,15+,16?,18?. The lowest BCUT2D eigenvalue weighted by atomic mass is 9.84. The molecule has 21 heavy (non-hydrogen) atoms. The summed E-state index contributed by atoms with van der Waals surface area (Å²) in [7, 11) is 0. The summed E-state index contributed by atoms with van der Waals surface area (Å²) < 4.78 is 0. The number of rotatable bonds is 6. The smallest absolute Gasteiger partial charge is 0.0616 e. The van der Waals surface area contributed by atoms with Crippen molar-refractivity contribution in [3.05, 3.63) is 0 Å². The number of hydrogen-bond acceptors (Lipinski definition) is 3. The van der Waals surface area contributed by atoms with Crippen LogP contribution in [0.5, 0.6) is 0 Å². The van der Waals surface area contributed by atoms with Crippen LogP contribution in [-0.2, 0) is 0 Å². The third-order valence-electron chi connectivity index (χ3n) is 6.42. The Bertz CT molecular complexity index is 334. The van der Waals surface area contributed by atoms with E-state index in [1.807, 2.05) is 0 Å². The minimum atomic E-state index is 0.0451. The third kappa shape index (κ3) is 3.46. The highest BCUT2D eigenvalue weighted by molar-refractivity contribution is 5.03. The summed E-state index contributed by atoms with van der Waals surface area (Å²) in [5.41, 5.74) is 0.0451. The first kappa shape index (κ1) is 15.8. The van der Waals surface area contributed by atoms with Crippen molar-refractivity contribution < 1.29 is 5.11 Å². The quantitative estimate of drug-likeness (QED) is 0.790. The van der Waals surface area contributed by atoms with Crippen molar-refractivity contribution in [2.24, 2.45) is 5.92 Å². The van der Waals surface area contributed by atoms with E-state index in [2.05, 4.69) is 24.1 Å². The molecule has 1 saturated heterocycles. The van der Waals surface area contributed by atoms with Gasteiger partial charge in [0.15, 0.2) is 0 Å². The average molecular weight is 294 g/mol. The van der Waals surface area contributed by atoms with E-state index < -0.39 is 0 Å². The molecular formula is C18H34N2O. The number of hydrogen-bond donors (Lipinski definition) is 2. The highest BCUT2D eigenvalue weighted by atomic mass is 16.3. The topological polar surface area (TPSA) is 35.5 Å². The molecule has 3 heteroatoms. The van der Waals surface area contributed by atoms with Gasteiger partial charge in [-0.15, -0.1) is 0 Å². The molecule has 1 aliphatic heterocycles. The number of likely N-dealkylation sites (tertiary alicyclic amines) is 1. The van der Waals surface area contributed by atoms with Crippen LogP contribution < -0.4 is 5.32 Å². The van der Waals surface area contributed by atoms with Crippen LogP contribution >= 0.6 is 0 Å². The van der Waals surface area contributed by atoms with Gasteiger partial charge >= 0.3 is 0 Å². The Labute approximate surface area is 130 Å². The molecule has 3 fully saturated rings. The number of nitrogens with one attached hydrogen (secondary N) is 1. The Balaban J connectivity index is 1.57. The molecule has 4 atom stereocenters. The zero-order chi connectivity index (χ0) is 14.9. The van der Waals surface area contributed by atoms with Crippen LogP contribution in [0.25, 0.3) is 0 Å². The van der Waals surface area contributed by atoms with E-state index in [1.54, 1.807) is 0 Å². The van der Waals surface area contributed by atoms with Gasteiger partial charge in [-0.2, -0.15) is 0 Å². The normalized spacial score (nSPS) is 41.6. The first-order valence-electron chi connectivity index (χ1n) is 9.29. The van der Waals surface area contributed by atoms with Gasteiger partial charge in [-0.25, -0.2) is 0 Å². The van der Waals surface area contributed by atoms with Gasteiger partial charge in [0.25, 0.3) is 0 Å². The SMILES string of the molecule is C[C@@H]1CCC[C@H](C)N1CCC1CCCC1(CO)NC1CC1. The molecule has 3 aliphatic rings. The summed E-state index contributed by atoms with van der Waals surface area (Å²) in [5.74, 6) is 0.671. The highest BCUT2D eigenvalue weighted by Crippen LogP contribution is 2.40. The molecule has 0 aromatic rings. The van der Waals surface area contributed by atoms with Crippen LogP contribution in [0.4, 0.5) is 0 Å². The lowest BCUT2D eigenvalue weighted by molar-refractivity contribution is 0.0731. The third-order valence-corrected chi connectivity index (χ3v) is 6.42. The largest absolute Gasteiger partial charge is 0.394 e. The number of nitrogens with zero attached hydrogens (tertiary/aromatic N) is 1. The molecule has 3 nitrogen and oxygen atoms in total. The summed E-state index contributed by atoms with van der Waals surface area (Å²) in [5, 5.41) is 13.8. The summed E-state index contributed by atoms with van der Waals surface area (Å²) >= 11 is 0. The van der Waals surface area contributed by atoms with Gasteiger partial charge in [0.2, 0.25) is 0 Å². The van der Waals surface area contributed by atoms with Gasteiger partial charge in [-0.05, 0) is 71.3 Å². The molecule has 0 amide bonds. The van der Waals surface area contributed by atoms with Gasteiger partial charge in [-0.1, -0.05) is 12.8 Å². The monoisotopic (exact) mass is 294 g/mol. The van der Waals surface area contributed by atoms with E-state index >= 15 is 0 Å². The average Bonchev–Trinajstić information content (AvgIpc) is 3.18. The maximum atomic E-state index is 10.0. The van der Waals surface area contributed by atoms with Crippen LogP contribution in [0.15, 0.2) is 0 Å². The van der Waals surface area contributed by atoms with E-state index in [-0.39, 0.29) is 5.54 Å². The van der Waals surface area contributed by atoms with Gasteiger partial charge in [-0.3, -0.25) is 4.90 Å². The Kier molecular flexibility index (Phi) is 4.92. The van der Waals surface area contributed by atoms with E-state index in [0.717, 1.165) is 12.1 Å². The van der Waals surface area contributed by atoms with E-state index in [1.165, 1.54) is 64.3 Å². The van der Waals surface area contributed by atoms with Gasteiger partial charge in [0.1, 0.15) is 0 Å². The molecular weight excluding hydrogens is 260 g/mol. The van der Waals surface area contributed by atoms with Crippen molar-refractivity contribution in [1.29, 1.82) is 0 Å². The Hall–Kier alpha value is -0.120. The molecule has 0 radical (unpaired) electrons. The zero-order valence-corrected chi connectivity index (χ0v) is 14.0. The van der Waals surface area contributed by atoms with Crippen LogP contribution in [-0.4, -0.2) is 46.8 Å². The summed E-state index contributed by atoms with van der Waals surface area (Å²) in [6.07, 6.45) is 11.8. The number of piperidine rings is 1. The molecule has 3 rings (SSSR count). The molecule has 0 aromatic carbocycles. The second-order valence-electron chi connectivity index (χ2n) is 7.98. The number of aliphatic hydroxyl groups is 1. The van der Waals surface area contributed by atoms with Crippen molar-refractivity contribution in [2.45, 2.75) is 95.3 Å². The minimum Gasteiger partial charge on any atom is -0.394 e. The van der Waals surface area contributed by atoms with Crippen LogP contribution in [0.1, 0.15) is 71.6 Å². The van der Waals surface area contributed by atoms with E-state index in [9.17, 15) is 5.11 Å². The molecule has 2 saturated carbocycles. The fourth-order valence-corrected chi connectivity index (χ4v) is 4.86. The summed E-state index contributed by atoms with van der Waals surface area (Å²) in [6.45, 7) is 6.35. The van der Waals surface area contributed by atoms with E-state index in [4.69, 9.17) is 0 Å².